The number of hydrogen-bond acceptors (Lipinski definition) is 7. The van der Waals surface area contributed by atoms with E-state index in [0.29, 0.717) is 44.9 Å². The molecule has 2 aromatic rings. The maximum Gasteiger partial charge on any atom is 0.264 e. The van der Waals surface area contributed by atoms with Crippen LogP contribution in [0, 0.1) is 17.8 Å². The first-order chi connectivity index (χ1) is 22.1. The molecule has 0 radical (unpaired) electrons. The van der Waals surface area contributed by atoms with E-state index < -0.39 is 27.3 Å². The predicted molar refractivity (Wildman–Crippen MR) is 179 cm³/mol. The molecule has 1 saturated carbocycles. The molecule has 2 bridgehead atoms. The summed E-state index contributed by atoms with van der Waals surface area (Å²) in [5.41, 5.74) is 3.31. The Labute approximate surface area is 277 Å². The summed E-state index contributed by atoms with van der Waals surface area (Å²) in [6.07, 6.45) is 10.4. The number of benzene rings is 2. The molecule has 5 aliphatic rings. The molecular formula is C36H45ClN2O6S. The third kappa shape index (κ3) is 6.20. The molecule has 10 heteroatoms. The highest BCUT2D eigenvalue weighted by Gasteiger charge is 2.44. The van der Waals surface area contributed by atoms with Crippen LogP contribution < -0.4 is 14.4 Å². The Morgan fingerprint density at radius 2 is 2.00 bits per heavy atom. The summed E-state index contributed by atoms with van der Waals surface area (Å²) in [5, 5.41) is 11.2. The maximum absolute atomic E-state index is 13.9. The lowest BCUT2D eigenvalue weighted by molar-refractivity contribution is 0.0455. The van der Waals surface area contributed by atoms with E-state index in [4.69, 9.17) is 21.1 Å². The van der Waals surface area contributed by atoms with Gasteiger partial charge in [-0.3, -0.25) is 4.79 Å². The highest BCUT2D eigenvalue weighted by atomic mass is 35.5. The summed E-state index contributed by atoms with van der Waals surface area (Å²) in [6, 6.07) is 11.4. The van der Waals surface area contributed by atoms with Gasteiger partial charge in [-0.1, -0.05) is 36.7 Å². The van der Waals surface area contributed by atoms with Crippen molar-refractivity contribution in [3.05, 3.63) is 70.3 Å². The summed E-state index contributed by atoms with van der Waals surface area (Å²) < 4.78 is 42.5. The van der Waals surface area contributed by atoms with Crippen LogP contribution in [-0.2, 0) is 26.6 Å². The van der Waals surface area contributed by atoms with Gasteiger partial charge in [-0.05, 0) is 117 Å². The zero-order valence-corrected chi connectivity index (χ0v) is 28.1. The zero-order chi connectivity index (χ0) is 32.1. The molecule has 1 amide bonds. The van der Waals surface area contributed by atoms with Crippen LogP contribution >= 0.6 is 11.6 Å². The molecule has 0 unspecified atom stereocenters. The Bertz CT molecular complexity index is 1610. The van der Waals surface area contributed by atoms with E-state index in [1.165, 1.54) is 11.1 Å². The van der Waals surface area contributed by atoms with Crippen LogP contribution in [-0.4, -0.2) is 63.2 Å². The lowest BCUT2D eigenvalue weighted by Gasteiger charge is -2.45. The molecule has 2 aliphatic carbocycles. The topological polar surface area (TPSA) is 105 Å². The van der Waals surface area contributed by atoms with Crippen LogP contribution in [0.25, 0.3) is 0 Å². The second kappa shape index (κ2) is 12.8. The van der Waals surface area contributed by atoms with Crippen LogP contribution in [0.2, 0.25) is 5.02 Å². The third-order valence-electron chi connectivity index (χ3n) is 11.3. The summed E-state index contributed by atoms with van der Waals surface area (Å²) >= 11 is 6.41. The number of halogens is 1. The normalized spacial score (nSPS) is 34.8. The number of rotatable bonds is 2. The summed E-state index contributed by atoms with van der Waals surface area (Å²) in [5.74, 6) is 0.149. The number of sulfonamides is 1. The molecule has 1 saturated heterocycles. The number of carbonyl (C=O) groups excluding carboxylic acids is 1. The van der Waals surface area contributed by atoms with Gasteiger partial charge in [0.25, 0.3) is 5.91 Å². The van der Waals surface area contributed by atoms with E-state index >= 15 is 0 Å². The highest BCUT2D eigenvalue weighted by Crippen LogP contribution is 2.47. The lowest BCUT2D eigenvalue weighted by atomic mass is 9.68. The quantitative estimate of drug-likeness (QED) is 0.390. The average molecular weight is 669 g/mol. The van der Waals surface area contributed by atoms with Crippen LogP contribution in [0.4, 0.5) is 5.69 Å². The van der Waals surface area contributed by atoms with Crippen LogP contribution in [0.1, 0.15) is 79.8 Å². The van der Waals surface area contributed by atoms with E-state index in [-0.39, 0.29) is 34.8 Å². The van der Waals surface area contributed by atoms with Crippen molar-refractivity contribution in [1.82, 2.24) is 4.72 Å². The molecule has 0 aromatic heterocycles. The van der Waals surface area contributed by atoms with Gasteiger partial charge in [-0.2, -0.15) is 0 Å². The number of aryl methyl sites for hydroxylation is 1. The van der Waals surface area contributed by atoms with Gasteiger partial charge >= 0.3 is 0 Å². The van der Waals surface area contributed by atoms with Crippen molar-refractivity contribution in [3.63, 3.8) is 0 Å². The Balaban J connectivity index is 1.27. The summed E-state index contributed by atoms with van der Waals surface area (Å²) in [4.78, 5) is 16.0. The first-order valence-electron chi connectivity index (χ1n) is 16.9. The number of nitrogens with zero attached hydrogens (tertiary/aromatic N) is 1. The minimum atomic E-state index is -4.04. The van der Waals surface area contributed by atoms with Crippen molar-refractivity contribution in [2.24, 2.45) is 17.8 Å². The number of nitrogens with one attached hydrogen (secondary N) is 1. The van der Waals surface area contributed by atoms with E-state index in [2.05, 4.69) is 21.8 Å². The largest absolute Gasteiger partial charge is 0.490 e. The van der Waals surface area contributed by atoms with Crippen molar-refractivity contribution in [2.75, 3.05) is 31.2 Å². The van der Waals surface area contributed by atoms with Crippen molar-refractivity contribution in [2.45, 2.75) is 87.6 Å². The summed E-state index contributed by atoms with van der Waals surface area (Å²) in [7, 11) is -4.04. The molecule has 1 spiro atoms. The number of amides is 1. The monoisotopic (exact) mass is 668 g/mol. The number of aliphatic hydroxyl groups excluding tert-OH is 1. The van der Waals surface area contributed by atoms with Gasteiger partial charge in [-0.15, -0.1) is 0 Å². The fourth-order valence-electron chi connectivity index (χ4n) is 8.55. The van der Waals surface area contributed by atoms with Gasteiger partial charge in [0.05, 0.1) is 29.8 Å². The van der Waals surface area contributed by atoms with Crippen LogP contribution in [0.3, 0.4) is 0 Å². The number of anilines is 1. The Morgan fingerprint density at radius 1 is 1.13 bits per heavy atom. The van der Waals surface area contributed by atoms with Crippen LogP contribution in [0.15, 0.2) is 48.6 Å². The van der Waals surface area contributed by atoms with E-state index in [0.717, 1.165) is 55.7 Å². The van der Waals surface area contributed by atoms with Crippen molar-refractivity contribution in [1.29, 1.82) is 0 Å². The Morgan fingerprint density at radius 3 is 2.78 bits per heavy atom. The minimum absolute atomic E-state index is 0.110. The fraction of sp³-hybridized carbons (Fsp3) is 0.583. The molecule has 2 N–H and O–H groups in total. The first kappa shape index (κ1) is 32.0. The van der Waals surface area contributed by atoms with Gasteiger partial charge < -0.3 is 19.5 Å². The molecule has 248 valence electrons. The predicted octanol–water partition coefficient (Wildman–Crippen LogP) is 5.79. The van der Waals surface area contributed by atoms with Gasteiger partial charge in [0.1, 0.15) is 5.75 Å². The number of fused-ring (bicyclic) bond motifs is 4. The van der Waals surface area contributed by atoms with Crippen molar-refractivity contribution in [3.8, 4) is 5.75 Å². The minimum Gasteiger partial charge on any atom is -0.490 e. The van der Waals surface area contributed by atoms with Crippen molar-refractivity contribution < 1.29 is 27.8 Å². The molecule has 3 heterocycles. The van der Waals surface area contributed by atoms with Gasteiger partial charge in [0.15, 0.2) is 0 Å². The van der Waals surface area contributed by atoms with Gasteiger partial charge in [0, 0.05) is 35.7 Å². The second-order valence-electron chi connectivity index (χ2n) is 14.3. The highest BCUT2D eigenvalue weighted by molar-refractivity contribution is 7.90. The van der Waals surface area contributed by atoms with E-state index in [9.17, 15) is 18.3 Å². The standard InChI is InChI=1S/C36H45ClN2O6S/c1-23-5-2-8-32(40)29-12-9-26(29)20-39-21-36(15-3-6-24-17-27(37)11-13-30(24)36)22-45-33-14-10-25(18-31(33)39)35(41)38-46(42,43)34(23)19-28-7-4-16-44-28/h2,8,10-11,13-14,17-18,23,26,28-29,32,34,40H,3-7,9,12,15-16,19-22H2,1H3,(H,38,41)/b8-2+/t23-,26+,28+,29-,32+,34+,36+/m1/s1. The number of ether oxygens (including phenoxy) is 2. The molecule has 46 heavy (non-hydrogen) atoms. The number of hydrogen-bond donors (Lipinski definition) is 2. The molecular weight excluding hydrogens is 624 g/mol. The number of carbonyl (C=O) groups is 1. The van der Waals surface area contributed by atoms with Crippen LogP contribution in [0.5, 0.6) is 5.75 Å². The van der Waals surface area contributed by atoms with Crippen molar-refractivity contribution >= 4 is 33.2 Å². The second-order valence-corrected chi connectivity index (χ2v) is 16.6. The van der Waals surface area contributed by atoms with Gasteiger partial charge in [0.2, 0.25) is 10.0 Å². The summed E-state index contributed by atoms with van der Waals surface area (Å²) in [6.45, 7) is 4.42. The zero-order valence-electron chi connectivity index (χ0n) is 26.5. The molecule has 8 nitrogen and oxygen atoms in total. The SMILES string of the molecule is C[C@@H]1C/C=C/[C@H](O)[C@@H]2CC[C@H]2CN2C[C@@]3(CCCc4cc(Cl)ccc43)COc3ccc(cc32)C(=O)NS(=O)(=O)[C@H]1C[C@@H]1CCCO1. The molecule has 7 atom stereocenters. The third-order valence-corrected chi connectivity index (χ3v) is 13.5. The number of aliphatic hydroxyl groups is 1. The molecule has 7 rings (SSSR count). The van der Waals surface area contributed by atoms with Gasteiger partial charge in [-0.25, -0.2) is 13.1 Å². The molecule has 2 fully saturated rings. The van der Waals surface area contributed by atoms with E-state index in [1.54, 1.807) is 18.2 Å². The number of allylic oxidation sites excluding steroid dienone is 1. The molecule has 2 aromatic carbocycles. The lowest BCUT2D eigenvalue weighted by Crippen LogP contribution is -2.49. The average Bonchev–Trinajstić information content (AvgIpc) is 3.47. The fourth-order valence-corrected chi connectivity index (χ4v) is 10.5. The maximum atomic E-state index is 13.9. The smallest absolute Gasteiger partial charge is 0.264 e. The Hall–Kier alpha value is -2.59. The Kier molecular flexibility index (Phi) is 8.89. The first-order valence-corrected chi connectivity index (χ1v) is 18.9. The molecule has 3 aliphatic heterocycles. The van der Waals surface area contributed by atoms with E-state index in [1.807, 2.05) is 25.1 Å².